The molecule has 0 amide bonds. The number of fused-ring (bicyclic) bond motifs is 1. The second-order valence-corrected chi connectivity index (χ2v) is 8.82. The lowest BCUT2D eigenvalue weighted by molar-refractivity contribution is 0.293. The minimum absolute atomic E-state index is 0.136. The molecule has 1 N–H and O–H groups in total. The molecule has 0 saturated carbocycles. The molecular formula is C20H26N2O2S. The number of nitrogens with one attached hydrogen (secondary N) is 1. The molecule has 0 unspecified atom stereocenters. The van der Waals surface area contributed by atoms with Gasteiger partial charge in [-0.05, 0) is 36.6 Å². The van der Waals surface area contributed by atoms with Gasteiger partial charge in [-0.2, -0.15) is 0 Å². The molecular weight excluding hydrogens is 332 g/mol. The van der Waals surface area contributed by atoms with Gasteiger partial charge in [0.05, 0.1) is 22.4 Å². The van der Waals surface area contributed by atoms with E-state index in [1.165, 1.54) is 0 Å². The molecule has 1 aliphatic rings. The fourth-order valence-electron chi connectivity index (χ4n) is 3.69. The van der Waals surface area contributed by atoms with Gasteiger partial charge in [0, 0.05) is 11.7 Å². The molecule has 3 rings (SSSR count). The number of hydrogen-bond acceptors (Lipinski definition) is 4. The monoisotopic (exact) mass is 358 g/mol. The van der Waals surface area contributed by atoms with E-state index in [1.54, 1.807) is 18.3 Å². The Hall–Kier alpha value is -1.72. The minimum Gasteiger partial charge on any atom is -0.298 e. The van der Waals surface area contributed by atoms with Crippen molar-refractivity contribution in [3.05, 3.63) is 59.9 Å². The van der Waals surface area contributed by atoms with E-state index in [4.69, 9.17) is 0 Å². The lowest BCUT2D eigenvalue weighted by Crippen LogP contribution is -2.50. The summed E-state index contributed by atoms with van der Waals surface area (Å²) in [4.78, 5) is 4.95. The third-order valence-corrected chi connectivity index (χ3v) is 7.13. The summed E-state index contributed by atoms with van der Waals surface area (Å²) in [7, 11) is -3.36. The molecule has 0 radical (unpaired) electrons. The van der Waals surface area contributed by atoms with Crippen LogP contribution >= 0.6 is 0 Å². The molecule has 0 spiro atoms. The summed E-state index contributed by atoms with van der Waals surface area (Å²) < 4.78 is 26.3. The van der Waals surface area contributed by atoms with Gasteiger partial charge in [0.15, 0.2) is 9.84 Å². The van der Waals surface area contributed by atoms with Crippen LogP contribution in [-0.2, 0) is 9.84 Å². The number of aromatic nitrogens is 1. The van der Waals surface area contributed by atoms with Gasteiger partial charge in [0.25, 0.3) is 0 Å². The van der Waals surface area contributed by atoms with Crippen LogP contribution in [0.2, 0.25) is 0 Å². The number of pyridine rings is 1. The van der Waals surface area contributed by atoms with Crippen LogP contribution in [0.1, 0.15) is 56.8 Å². The first-order valence-corrected chi connectivity index (χ1v) is 10.7. The Morgan fingerprint density at radius 2 is 1.92 bits per heavy atom. The summed E-state index contributed by atoms with van der Waals surface area (Å²) in [6.07, 6.45) is 5.42. The predicted octanol–water partition coefficient (Wildman–Crippen LogP) is 3.89. The molecule has 0 fully saturated rings. The van der Waals surface area contributed by atoms with Crippen molar-refractivity contribution in [2.75, 3.05) is 5.75 Å². The van der Waals surface area contributed by atoms with Crippen molar-refractivity contribution in [1.29, 1.82) is 0 Å². The molecule has 1 aromatic heterocycles. The van der Waals surface area contributed by atoms with E-state index in [2.05, 4.69) is 24.1 Å². The second-order valence-electron chi connectivity index (χ2n) is 6.87. The molecule has 5 heteroatoms. The van der Waals surface area contributed by atoms with Crippen LogP contribution < -0.4 is 5.32 Å². The Balaban J connectivity index is 2.17. The first-order valence-electron chi connectivity index (χ1n) is 9.01. The van der Waals surface area contributed by atoms with E-state index < -0.39 is 15.4 Å². The summed E-state index contributed by atoms with van der Waals surface area (Å²) >= 11 is 0. The van der Waals surface area contributed by atoms with Crippen molar-refractivity contribution in [3.8, 4) is 0 Å². The third-order valence-electron chi connectivity index (χ3n) is 5.15. The van der Waals surface area contributed by atoms with E-state index in [1.807, 2.05) is 30.3 Å². The Morgan fingerprint density at radius 3 is 2.60 bits per heavy atom. The Labute approximate surface area is 150 Å². The highest BCUT2D eigenvalue weighted by atomic mass is 32.2. The highest BCUT2D eigenvalue weighted by molar-refractivity contribution is 7.91. The standard InChI is InChI=1S/C20H26N2O2S/c1-3-5-13-20(4-2)15-25(23,24)18-12-7-6-10-16(18)19(22-20)17-11-8-9-14-21-17/h6-12,14,19,22H,3-5,13,15H2,1-2H3/t19-,20+/m1/s1. The number of nitrogens with zero attached hydrogens (tertiary/aromatic N) is 1. The van der Waals surface area contributed by atoms with Gasteiger partial charge in [-0.1, -0.05) is 51.0 Å². The maximum Gasteiger partial charge on any atom is 0.180 e. The van der Waals surface area contributed by atoms with E-state index >= 15 is 0 Å². The van der Waals surface area contributed by atoms with Crippen molar-refractivity contribution in [3.63, 3.8) is 0 Å². The summed E-state index contributed by atoms with van der Waals surface area (Å²) in [5.41, 5.74) is 1.23. The summed E-state index contributed by atoms with van der Waals surface area (Å²) in [5.74, 6) is 0.136. The van der Waals surface area contributed by atoms with Crippen molar-refractivity contribution < 1.29 is 8.42 Å². The minimum atomic E-state index is -3.36. The Morgan fingerprint density at radius 1 is 1.16 bits per heavy atom. The first-order chi connectivity index (χ1) is 12.0. The van der Waals surface area contributed by atoms with Gasteiger partial charge < -0.3 is 0 Å². The molecule has 2 aromatic rings. The molecule has 1 aliphatic heterocycles. The van der Waals surface area contributed by atoms with Crippen LogP contribution in [0.25, 0.3) is 0 Å². The van der Waals surface area contributed by atoms with Crippen LogP contribution in [0.3, 0.4) is 0 Å². The Kier molecular flexibility index (Phi) is 5.25. The molecule has 1 aromatic carbocycles. The summed E-state index contributed by atoms with van der Waals surface area (Å²) in [6, 6.07) is 12.9. The second kappa shape index (κ2) is 7.26. The maximum absolute atomic E-state index is 13.1. The van der Waals surface area contributed by atoms with Crippen LogP contribution in [0.4, 0.5) is 0 Å². The highest BCUT2D eigenvalue weighted by Gasteiger charge is 2.41. The average Bonchev–Trinajstić information content (AvgIpc) is 2.74. The molecule has 25 heavy (non-hydrogen) atoms. The maximum atomic E-state index is 13.1. The van der Waals surface area contributed by atoms with Crippen molar-refractivity contribution >= 4 is 9.84 Å². The third kappa shape index (κ3) is 3.62. The molecule has 2 atom stereocenters. The summed E-state index contributed by atoms with van der Waals surface area (Å²) in [5, 5.41) is 3.70. The number of rotatable bonds is 5. The number of benzene rings is 1. The smallest absolute Gasteiger partial charge is 0.180 e. The van der Waals surface area contributed by atoms with Gasteiger partial charge >= 0.3 is 0 Å². The van der Waals surface area contributed by atoms with Crippen molar-refractivity contribution in [2.24, 2.45) is 0 Å². The van der Waals surface area contributed by atoms with E-state index in [9.17, 15) is 8.42 Å². The SMILES string of the molecule is CCCC[C@@]1(CC)CS(=O)(=O)c2ccccc2[C@H](c2ccccn2)N1. The largest absolute Gasteiger partial charge is 0.298 e. The number of sulfone groups is 1. The molecule has 0 bridgehead atoms. The van der Waals surface area contributed by atoms with Gasteiger partial charge in [0.1, 0.15) is 0 Å². The van der Waals surface area contributed by atoms with Crippen LogP contribution in [0, 0.1) is 0 Å². The number of unbranched alkanes of at least 4 members (excludes halogenated alkanes) is 1. The van der Waals surface area contributed by atoms with Crippen LogP contribution in [-0.4, -0.2) is 24.7 Å². The molecule has 2 heterocycles. The average molecular weight is 359 g/mol. The normalized spacial score (nSPS) is 25.1. The zero-order valence-electron chi connectivity index (χ0n) is 14.9. The number of hydrogen-bond donors (Lipinski definition) is 1. The van der Waals surface area contributed by atoms with Crippen LogP contribution in [0.15, 0.2) is 53.6 Å². The molecule has 134 valence electrons. The zero-order valence-corrected chi connectivity index (χ0v) is 15.7. The van der Waals surface area contributed by atoms with Crippen molar-refractivity contribution in [2.45, 2.75) is 56.0 Å². The highest BCUT2D eigenvalue weighted by Crippen LogP contribution is 2.37. The quantitative estimate of drug-likeness (QED) is 0.881. The Bertz CT molecular complexity index is 821. The van der Waals surface area contributed by atoms with Gasteiger partial charge in [-0.3, -0.25) is 10.3 Å². The molecule has 0 saturated heterocycles. The van der Waals surface area contributed by atoms with Gasteiger partial charge in [-0.15, -0.1) is 0 Å². The van der Waals surface area contributed by atoms with Gasteiger partial charge in [0.2, 0.25) is 0 Å². The molecule has 4 nitrogen and oxygen atoms in total. The lowest BCUT2D eigenvalue weighted by Gasteiger charge is -2.35. The summed E-state index contributed by atoms with van der Waals surface area (Å²) in [6.45, 7) is 4.21. The fraction of sp³-hybridized carbons (Fsp3) is 0.450. The van der Waals surface area contributed by atoms with Crippen LogP contribution in [0.5, 0.6) is 0 Å². The van der Waals surface area contributed by atoms with E-state index in [-0.39, 0.29) is 11.8 Å². The predicted molar refractivity (Wildman–Crippen MR) is 100 cm³/mol. The zero-order chi connectivity index (χ0) is 17.9. The molecule has 0 aliphatic carbocycles. The fourth-order valence-corrected chi connectivity index (χ4v) is 5.84. The first kappa shape index (κ1) is 18.1. The van der Waals surface area contributed by atoms with Gasteiger partial charge in [-0.25, -0.2) is 8.42 Å². The lowest BCUT2D eigenvalue weighted by atomic mass is 9.89. The van der Waals surface area contributed by atoms with Crippen molar-refractivity contribution in [1.82, 2.24) is 10.3 Å². The van der Waals surface area contributed by atoms with E-state index in [0.717, 1.165) is 36.9 Å². The topological polar surface area (TPSA) is 59.1 Å². The van der Waals surface area contributed by atoms with E-state index in [0.29, 0.717) is 4.90 Å².